The van der Waals surface area contributed by atoms with Crippen molar-refractivity contribution >= 4 is 11.6 Å². The molecule has 6 aromatic carbocycles. The fraction of sp³-hybridized carbons (Fsp3) is 0.234. The Hall–Kier alpha value is -4.59. The number of rotatable bonds is 1. The molecule has 236 valence electrons. The summed E-state index contributed by atoms with van der Waals surface area (Å²) in [6.45, 7) is 0. The first-order chi connectivity index (χ1) is 24.2. The SMILES string of the molecule is Clc1cc2c(cc1-c1ccc3c(c1)-c1ccccc1C31C3CC4CC(C3)CC1C4)C1(c3ccccc3O2)c2ccccc2-c2ccccc21. The number of benzene rings is 6. The van der Waals surface area contributed by atoms with E-state index in [4.69, 9.17) is 16.3 Å². The smallest absolute Gasteiger partial charge is 0.133 e. The second-order valence-corrected chi connectivity index (χ2v) is 16.2. The van der Waals surface area contributed by atoms with Crippen LogP contribution >= 0.6 is 11.6 Å². The highest BCUT2D eigenvalue weighted by Crippen LogP contribution is 2.70. The van der Waals surface area contributed by atoms with Crippen molar-refractivity contribution in [3.05, 3.63) is 166 Å². The highest BCUT2D eigenvalue weighted by Gasteiger charge is 2.61. The second kappa shape index (κ2) is 9.34. The van der Waals surface area contributed by atoms with Crippen LogP contribution in [-0.4, -0.2) is 0 Å². The minimum absolute atomic E-state index is 0.163. The Kier molecular flexibility index (Phi) is 5.20. The molecule has 0 saturated heterocycles. The number of para-hydroxylation sites is 1. The molecule has 49 heavy (non-hydrogen) atoms. The molecule has 6 aliphatic carbocycles. The number of halogens is 1. The normalized spacial score (nSPS) is 26.5. The summed E-state index contributed by atoms with van der Waals surface area (Å²) in [6.07, 6.45) is 7.05. The van der Waals surface area contributed by atoms with Crippen LogP contribution in [0.25, 0.3) is 33.4 Å². The van der Waals surface area contributed by atoms with Crippen LogP contribution in [0.2, 0.25) is 5.02 Å². The van der Waals surface area contributed by atoms with E-state index in [1.807, 2.05) is 0 Å². The van der Waals surface area contributed by atoms with Crippen molar-refractivity contribution in [2.45, 2.75) is 42.9 Å². The Labute approximate surface area is 292 Å². The number of fused-ring (bicyclic) bond motifs is 12. The van der Waals surface area contributed by atoms with Gasteiger partial charge in [0.15, 0.2) is 0 Å². The second-order valence-electron chi connectivity index (χ2n) is 15.7. The quantitative estimate of drug-likeness (QED) is 0.172. The van der Waals surface area contributed by atoms with Gasteiger partial charge in [0.25, 0.3) is 0 Å². The molecule has 4 fully saturated rings. The molecule has 0 radical (unpaired) electrons. The van der Waals surface area contributed by atoms with Gasteiger partial charge in [-0.25, -0.2) is 0 Å². The summed E-state index contributed by atoms with van der Waals surface area (Å²) in [5.74, 6) is 5.10. The predicted octanol–water partition coefficient (Wildman–Crippen LogP) is 12.2. The van der Waals surface area contributed by atoms with E-state index in [-0.39, 0.29) is 5.41 Å². The fourth-order valence-electron chi connectivity index (χ4n) is 12.4. The number of ether oxygens (including phenoxy) is 1. The molecule has 1 heterocycles. The standard InChI is InChI=1S/C47H35ClO/c48-43-26-45-42(47(41-15-7-8-16-44(41)49-45)38-13-5-1-9-32(38)33-10-2-6-14-39(33)47)25-35(43)29-17-18-40-36(24-29)34-11-3-4-12-37(34)46(40)30-20-27-19-28(22-30)23-31(46)21-27/h1-18,24-28,30-31H,19-23H2. The Morgan fingerprint density at radius 3 is 1.67 bits per heavy atom. The van der Waals surface area contributed by atoms with Crippen LogP contribution in [-0.2, 0) is 10.8 Å². The third kappa shape index (κ3) is 3.20. The van der Waals surface area contributed by atoms with Gasteiger partial charge in [-0.3, -0.25) is 0 Å². The zero-order valence-corrected chi connectivity index (χ0v) is 28.0. The Morgan fingerprint density at radius 2 is 1.00 bits per heavy atom. The van der Waals surface area contributed by atoms with Crippen LogP contribution < -0.4 is 4.74 Å². The maximum atomic E-state index is 7.33. The first-order valence-corrected chi connectivity index (χ1v) is 18.6. The molecule has 0 amide bonds. The maximum Gasteiger partial charge on any atom is 0.133 e. The van der Waals surface area contributed by atoms with E-state index in [1.54, 1.807) is 11.1 Å². The van der Waals surface area contributed by atoms with Gasteiger partial charge in [-0.05, 0) is 124 Å². The van der Waals surface area contributed by atoms with E-state index in [9.17, 15) is 0 Å². The molecule has 6 aromatic rings. The highest BCUT2D eigenvalue weighted by molar-refractivity contribution is 6.33. The van der Waals surface area contributed by atoms with Crippen molar-refractivity contribution in [2.75, 3.05) is 0 Å². The summed E-state index contributed by atoms with van der Waals surface area (Å²) in [5.41, 5.74) is 15.4. The van der Waals surface area contributed by atoms with Crippen LogP contribution in [0.4, 0.5) is 0 Å². The molecule has 13 rings (SSSR count). The minimum atomic E-state index is -0.509. The van der Waals surface area contributed by atoms with E-state index >= 15 is 0 Å². The third-order valence-electron chi connectivity index (χ3n) is 13.8. The van der Waals surface area contributed by atoms with Crippen molar-refractivity contribution in [1.82, 2.24) is 0 Å². The van der Waals surface area contributed by atoms with Gasteiger partial charge in [-0.2, -0.15) is 0 Å². The molecular weight excluding hydrogens is 616 g/mol. The average Bonchev–Trinajstić information content (AvgIpc) is 3.59. The lowest BCUT2D eigenvalue weighted by molar-refractivity contribution is -0.0399. The van der Waals surface area contributed by atoms with Crippen LogP contribution in [0.3, 0.4) is 0 Å². The van der Waals surface area contributed by atoms with Gasteiger partial charge < -0.3 is 4.74 Å². The van der Waals surface area contributed by atoms with Crippen molar-refractivity contribution in [1.29, 1.82) is 0 Å². The molecule has 0 N–H and O–H groups in total. The topological polar surface area (TPSA) is 9.23 Å². The van der Waals surface area contributed by atoms with Gasteiger partial charge in [-0.1, -0.05) is 115 Å². The first-order valence-electron chi connectivity index (χ1n) is 18.2. The van der Waals surface area contributed by atoms with Gasteiger partial charge in [0.05, 0.1) is 10.4 Å². The number of hydrogen-bond donors (Lipinski definition) is 0. The molecule has 4 bridgehead atoms. The van der Waals surface area contributed by atoms with E-state index < -0.39 is 5.41 Å². The molecular formula is C47H35ClO. The third-order valence-corrected chi connectivity index (χ3v) is 14.1. The Bertz CT molecular complexity index is 2340. The van der Waals surface area contributed by atoms with Crippen LogP contribution in [0.1, 0.15) is 65.5 Å². The predicted molar refractivity (Wildman–Crippen MR) is 198 cm³/mol. The first kappa shape index (κ1) is 27.3. The zero-order valence-electron chi connectivity index (χ0n) is 27.3. The van der Waals surface area contributed by atoms with Crippen molar-refractivity contribution < 1.29 is 4.74 Å². The summed E-state index contributed by atoms with van der Waals surface area (Å²) < 4.78 is 6.73. The van der Waals surface area contributed by atoms with Gasteiger partial charge >= 0.3 is 0 Å². The van der Waals surface area contributed by atoms with E-state index in [1.165, 1.54) is 76.6 Å². The summed E-state index contributed by atoms with van der Waals surface area (Å²) in [6, 6.07) is 47.6. The van der Waals surface area contributed by atoms with Crippen LogP contribution in [0.15, 0.2) is 127 Å². The van der Waals surface area contributed by atoms with Gasteiger partial charge in [-0.15, -0.1) is 0 Å². The van der Waals surface area contributed by atoms with Crippen LogP contribution in [0, 0.1) is 23.7 Å². The van der Waals surface area contributed by atoms with Crippen LogP contribution in [0.5, 0.6) is 11.5 Å². The zero-order chi connectivity index (χ0) is 32.1. The lowest BCUT2D eigenvalue weighted by Gasteiger charge is -2.61. The van der Waals surface area contributed by atoms with Crippen molar-refractivity contribution in [2.24, 2.45) is 23.7 Å². The maximum absolute atomic E-state index is 7.33. The Balaban J connectivity index is 1.10. The van der Waals surface area contributed by atoms with Crippen molar-refractivity contribution in [3.8, 4) is 44.9 Å². The van der Waals surface area contributed by atoms with Gasteiger partial charge in [0.2, 0.25) is 0 Å². The van der Waals surface area contributed by atoms with Crippen molar-refractivity contribution in [3.63, 3.8) is 0 Å². The number of hydrogen-bond acceptors (Lipinski definition) is 1. The molecule has 2 spiro atoms. The monoisotopic (exact) mass is 650 g/mol. The van der Waals surface area contributed by atoms with E-state index in [2.05, 4.69) is 127 Å². The molecule has 0 aromatic heterocycles. The lowest BCUT2D eigenvalue weighted by Crippen LogP contribution is -2.55. The molecule has 7 aliphatic rings. The fourth-order valence-corrected chi connectivity index (χ4v) is 12.7. The largest absolute Gasteiger partial charge is 0.457 e. The molecule has 0 atom stereocenters. The van der Waals surface area contributed by atoms with E-state index in [0.29, 0.717) is 0 Å². The summed E-state index contributed by atoms with van der Waals surface area (Å²) in [7, 11) is 0. The van der Waals surface area contributed by atoms with E-state index in [0.717, 1.165) is 51.3 Å². The molecule has 2 heteroatoms. The average molecular weight is 651 g/mol. The molecule has 1 aliphatic heterocycles. The summed E-state index contributed by atoms with van der Waals surface area (Å²) in [5, 5.41) is 0.725. The highest BCUT2D eigenvalue weighted by atomic mass is 35.5. The van der Waals surface area contributed by atoms with Gasteiger partial charge in [0, 0.05) is 28.2 Å². The molecule has 4 saturated carbocycles. The Morgan fingerprint density at radius 1 is 0.449 bits per heavy atom. The summed E-state index contributed by atoms with van der Waals surface area (Å²) >= 11 is 7.33. The molecule has 1 nitrogen and oxygen atoms in total. The summed E-state index contributed by atoms with van der Waals surface area (Å²) in [4.78, 5) is 0. The van der Waals surface area contributed by atoms with Gasteiger partial charge in [0.1, 0.15) is 11.5 Å². The lowest BCUT2D eigenvalue weighted by atomic mass is 9.43. The minimum Gasteiger partial charge on any atom is -0.457 e. The molecule has 0 unspecified atom stereocenters.